The van der Waals surface area contributed by atoms with Gasteiger partial charge in [-0.2, -0.15) is 0 Å². The Morgan fingerprint density at radius 2 is 2.05 bits per heavy atom. The van der Waals surface area contributed by atoms with Crippen LogP contribution in [0.5, 0.6) is 5.75 Å². The first-order valence-electron chi connectivity index (χ1n) is 5.71. The van der Waals surface area contributed by atoms with Gasteiger partial charge in [0.15, 0.2) is 0 Å². The summed E-state index contributed by atoms with van der Waals surface area (Å²) in [6, 6.07) is 8.66. The predicted molar refractivity (Wildman–Crippen MR) is 76.8 cm³/mol. The van der Waals surface area contributed by atoms with E-state index in [4.69, 9.17) is 22.1 Å². The molecule has 0 saturated carbocycles. The molecule has 0 aromatic heterocycles. The van der Waals surface area contributed by atoms with Crippen molar-refractivity contribution in [2.75, 3.05) is 18.2 Å². The van der Waals surface area contributed by atoms with Crippen LogP contribution in [0.4, 0.5) is 15.8 Å². The van der Waals surface area contributed by atoms with Crippen LogP contribution < -0.4 is 15.8 Å². The molecule has 2 aromatic rings. The monoisotopic (exact) mass is 294 g/mol. The fourth-order valence-electron chi connectivity index (χ4n) is 1.63. The SMILES string of the molecule is COc1cc(C(=O)Nc2ccc(Cl)c(F)c2)ccc1N. The van der Waals surface area contributed by atoms with E-state index in [1.165, 1.54) is 25.3 Å². The third kappa shape index (κ3) is 3.00. The molecule has 0 aliphatic rings. The van der Waals surface area contributed by atoms with E-state index in [0.29, 0.717) is 22.7 Å². The van der Waals surface area contributed by atoms with Gasteiger partial charge in [0.1, 0.15) is 11.6 Å². The van der Waals surface area contributed by atoms with E-state index in [-0.39, 0.29) is 5.02 Å². The Bertz CT molecular complexity index is 662. The second-order valence-electron chi connectivity index (χ2n) is 4.04. The van der Waals surface area contributed by atoms with Gasteiger partial charge >= 0.3 is 0 Å². The van der Waals surface area contributed by atoms with Crippen LogP contribution in [0, 0.1) is 5.82 Å². The van der Waals surface area contributed by atoms with E-state index in [1.54, 1.807) is 12.1 Å². The molecular formula is C14H12ClFN2O2. The van der Waals surface area contributed by atoms with Gasteiger partial charge in [0.2, 0.25) is 0 Å². The normalized spacial score (nSPS) is 10.2. The lowest BCUT2D eigenvalue weighted by atomic mass is 10.1. The first-order valence-corrected chi connectivity index (χ1v) is 6.09. The molecule has 2 rings (SSSR count). The average Bonchev–Trinajstić information content (AvgIpc) is 2.43. The van der Waals surface area contributed by atoms with Gasteiger partial charge in [-0.05, 0) is 36.4 Å². The molecule has 104 valence electrons. The lowest BCUT2D eigenvalue weighted by molar-refractivity contribution is 0.102. The van der Waals surface area contributed by atoms with Crippen molar-refractivity contribution in [3.63, 3.8) is 0 Å². The lowest BCUT2D eigenvalue weighted by Crippen LogP contribution is -2.12. The number of methoxy groups -OCH3 is 1. The van der Waals surface area contributed by atoms with Crippen LogP contribution in [0.15, 0.2) is 36.4 Å². The maximum absolute atomic E-state index is 13.3. The molecular weight excluding hydrogens is 283 g/mol. The molecule has 0 unspecified atom stereocenters. The molecule has 0 bridgehead atoms. The number of nitrogen functional groups attached to an aromatic ring is 1. The molecule has 0 radical (unpaired) electrons. The smallest absolute Gasteiger partial charge is 0.255 e. The molecule has 0 aliphatic carbocycles. The summed E-state index contributed by atoms with van der Waals surface area (Å²) in [5, 5.41) is 2.56. The fraction of sp³-hybridized carbons (Fsp3) is 0.0714. The molecule has 0 spiro atoms. The van der Waals surface area contributed by atoms with Gasteiger partial charge in [-0.3, -0.25) is 4.79 Å². The number of carbonyl (C=O) groups excluding carboxylic acids is 1. The van der Waals surface area contributed by atoms with Crippen LogP contribution in [-0.2, 0) is 0 Å². The Balaban J connectivity index is 2.21. The first-order chi connectivity index (χ1) is 9.51. The summed E-state index contributed by atoms with van der Waals surface area (Å²) in [6.45, 7) is 0. The summed E-state index contributed by atoms with van der Waals surface area (Å²) < 4.78 is 18.3. The van der Waals surface area contributed by atoms with Crippen LogP contribution in [0.2, 0.25) is 5.02 Å². The molecule has 20 heavy (non-hydrogen) atoms. The summed E-state index contributed by atoms with van der Waals surface area (Å²) in [7, 11) is 1.46. The minimum atomic E-state index is -0.598. The van der Waals surface area contributed by atoms with Crippen LogP contribution in [0.25, 0.3) is 0 Å². The Hall–Kier alpha value is -2.27. The third-order valence-electron chi connectivity index (χ3n) is 2.67. The quantitative estimate of drug-likeness (QED) is 0.854. The molecule has 4 nitrogen and oxygen atoms in total. The van der Waals surface area contributed by atoms with E-state index in [2.05, 4.69) is 5.32 Å². The topological polar surface area (TPSA) is 64.3 Å². The van der Waals surface area contributed by atoms with Gasteiger partial charge in [-0.15, -0.1) is 0 Å². The van der Waals surface area contributed by atoms with Crippen molar-refractivity contribution in [3.8, 4) is 5.75 Å². The van der Waals surface area contributed by atoms with E-state index in [9.17, 15) is 9.18 Å². The lowest BCUT2D eigenvalue weighted by Gasteiger charge is -2.09. The number of amides is 1. The predicted octanol–water partition coefficient (Wildman–Crippen LogP) is 3.32. The number of benzene rings is 2. The minimum absolute atomic E-state index is 0.00264. The molecule has 0 heterocycles. The second-order valence-corrected chi connectivity index (χ2v) is 4.45. The van der Waals surface area contributed by atoms with E-state index < -0.39 is 11.7 Å². The highest BCUT2D eigenvalue weighted by molar-refractivity contribution is 6.30. The highest BCUT2D eigenvalue weighted by atomic mass is 35.5. The van der Waals surface area contributed by atoms with Gasteiger partial charge in [0.05, 0.1) is 17.8 Å². The Kier molecular flexibility index (Phi) is 4.10. The Labute approximate surface area is 120 Å². The number of rotatable bonds is 3. The average molecular weight is 295 g/mol. The molecule has 3 N–H and O–H groups in total. The molecule has 0 fully saturated rings. The number of hydrogen-bond donors (Lipinski definition) is 2. The summed E-state index contributed by atoms with van der Waals surface area (Å²) in [4.78, 5) is 12.0. The molecule has 0 aliphatic heterocycles. The maximum atomic E-state index is 13.3. The standard InChI is InChI=1S/C14H12ClFN2O2/c1-20-13-6-8(2-5-12(13)17)14(19)18-9-3-4-10(15)11(16)7-9/h2-7H,17H2,1H3,(H,18,19). The largest absolute Gasteiger partial charge is 0.495 e. The summed E-state index contributed by atoms with van der Waals surface area (Å²) >= 11 is 5.57. The number of nitrogens with one attached hydrogen (secondary N) is 1. The first kappa shape index (κ1) is 14.1. The zero-order valence-electron chi connectivity index (χ0n) is 10.6. The molecule has 0 saturated heterocycles. The van der Waals surface area contributed by atoms with Crippen molar-refractivity contribution in [2.45, 2.75) is 0 Å². The second kappa shape index (κ2) is 5.79. The molecule has 0 atom stereocenters. The van der Waals surface area contributed by atoms with Crippen molar-refractivity contribution in [3.05, 3.63) is 52.8 Å². The van der Waals surface area contributed by atoms with Gasteiger partial charge in [-0.1, -0.05) is 11.6 Å². The number of halogens is 2. The van der Waals surface area contributed by atoms with Crippen molar-refractivity contribution in [1.29, 1.82) is 0 Å². The minimum Gasteiger partial charge on any atom is -0.495 e. The number of anilines is 2. The molecule has 2 aromatic carbocycles. The number of carbonyl (C=O) groups is 1. The van der Waals surface area contributed by atoms with Gasteiger partial charge < -0.3 is 15.8 Å². The highest BCUT2D eigenvalue weighted by Crippen LogP contribution is 2.23. The van der Waals surface area contributed by atoms with E-state index >= 15 is 0 Å². The van der Waals surface area contributed by atoms with Crippen molar-refractivity contribution >= 4 is 28.9 Å². The van der Waals surface area contributed by atoms with Crippen LogP contribution in [0.3, 0.4) is 0 Å². The maximum Gasteiger partial charge on any atom is 0.255 e. The number of hydrogen-bond acceptors (Lipinski definition) is 3. The zero-order valence-corrected chi connectivity index (χ0v) is 11.4. The third-order valence-corrected chi connectivity index (χ3v) is 2.98. The molecule has 6 heteroatoms. The van der Waals surface area contributed by atoms with Gasteiger partial charge in [0.25, 0.3) is 5.91 Å². The van der Waals surface area contributed by atoms with Crippen LogP contribution in [-0.4, -0.2) is 13.0 Å². The van der Waals surface area contributed by atoms with Gasteiger partial charge in [-0.25, -0.2) is 4.39 Å². The van der Waals surface area contributed by atoms with Crippen molar-refractivity contribution in [1.82, 2.24) is 0 Å². The Morgan fingerprint density at radius 1 is 1.30 bits per heavy atom. The van der Waals surface area contributed by atoms with E-state index in [0.717, 1.165) is 6.07 Å². The van der Waals surface area contributed by atoms with Gasteiger partial charge in [0, 0.05) is 11.3 Å². The van der Waals surface area contributed by atoms with Crippen LogP contribution in [0.1, 0.15) is 10.4 Å². The van der Waals surface area contributed by atoms with Crippen LogP contribution >= 0.6 is 11.6 Å². The summed E-state index contributed by atoms with van der Waals surface area (Å²) in [6.07, 6.45) is 0. The fourth-order valence-corrected chi connectivity index (χ4v) is 1.75. The van der Waals surface area contributed by atoms with E-state index in [1.807, 2.05) is 0 Å². The summed E-state index contributed by atoms with van der Waals surface area (Å²) in [5.74, 6) is -0.593. The van der Waals surface area contributed by atoms with Crippen molar-refractivity contribution in [2.24, 2.45) is 0 Å². The number of ether oxygens (including phenoxy) is 1. The summed E-state index contributed by atoms with van der Waals surface area (Å²) in [5.41, 5.74) is 6.77. The molecule has 1 amide bonds. The number of nitrogens with two attached hydrogens (primary N) is 1. The zero-order chi connectivity index (χ0) is 14.7. The van der Waals surface area contributed by atoms with Crippen molar-refractivity contribution < 1.29 is 13.9 Å². The highest BCUT2D eigenvalue weighted by Gasteiger charge is 2.10. The Morgan fingerprint density at radius 3 is 2.70 bits per heavy atom.